The van der Waals surface area contributed by atoms with E-state index in [1.54, 1.807) is 17.0 Å². The first-order chi connectivity index (χ1) is 13.2. The molecular formula is C21H30ClN3O3. The maximum absolute atomic E-state index is 12.9. The van der Waals surface area contributed by atoms with Crippen LogP contribution in [0.4, 0.5) is 5.69 Å². The maximum Gasteiger partial charge on any atom is 0.244 e. The molecule has 0 bridgehead atoms. The first-order valence-electron chi connectivity index (χ1n) is 9.86. The van der Waals surface area contributed by atoms with E-state index in [2.05, 4.69) is 5.32 Å². The molecule has 0 spiro atoms. The standard InChI is InChI=1S/C21H30ClN3O3/c1-5-24(13-19(26)23-18-12-17(22)7-6-15(18)4)21(28)16-8-10-25(11-9-16)20(27)14(2)3/h6-7,12,14,16H,5,8-11,13H2,1-4H3,(H,23,26). The number of halogens is 1. The van der Waals surface area contributed by atoms with E-state index in [1.807, 2.05) is 38.7 Å². The number of anilines is 1. The van der Waals surface area contributed by atoms with Gasteiger partial charge in [0.25, 0.3) is 0 Å². The number of hydrogen-bond donors (Lipinski definition) is 1. The lowest BCUT2D eigenvalue weighted by molar-refractivity contribution is -0.143. The minimum atomic E-state index is -0.243. The van der Waals surface area contributed by atoms with Gasteiger partial charge in [-0.1, -0.05) is 31.5 Å². The van der Waals surface area contributed by atoms with Gasteiger partial charge in [-0.2, -0.15) is 0 Å². The fraction of sp³-hybridized carbons (Fsp3) is 0.571. The molecule has 6 nitrogen and oxygen atoms in total. The molecule has 1 aromatic carbocycles. The Labute approximate surface area is 172 Å². The predicted molar refractivity (Wildman–Crippen MR) is 111 cm³/mol. The summed E-state index contributed by atoms with van der Waals surface area (Å²) in [7, 11) is 0. The number of aryl methyl sites for hydroxylation is 1. The highest BCUT2D eigenvalue weighted by atomic mass is 35.5. The summed E-state index contributed by atoms with van der Waals surface area (Å²) in [4.78, 5) is 40.8. The Bertz CT molecular complexity index is 728. The second-order valence-electron chi connectivity index (χ2n) is 7.61. The highest BCUT2D eigenvalue weighted by Gasteiger charge is 2.31. The van der Waals surface area contributed by atoms with Gasteiger partial charge in [0.1, 0.15) is 0 Å². The molecule has 0 radical (unpaired) electrons. The van der Waals surface area contributed by atoms with Crippen molar-refractivity contribution in [3.05, 3.63) is 28.8 Å². The van der Waals surface area contributed by atoms with Crippen LogP contribution in [0, 0.1) is 18.8 Å². The molecule has 1 aliphatic heterocycles. The first-order valence-corrected chi connectivity index (χ1v) is 10.2. The van der Waals surface area contributed by atoms with Crippen LogP contribution < -0.4 is 5.32 Å². The topological polar surface area (TPSA) is 69.7 Å². The number of rotatable bonds is 6. The Balaban J connectivity index is 1.92. The number of likely N-dealkylation sites (tertiary alicyclic amines) is 1. The Morgan fingerprint density at radius 3 is 2.46 bits per heavy atom. The van der Waals surface area contributed by atoms with Crippen LogP contribution in [0.15, 0.2) is 18.2 Å². The molecule has 1 aromatic rings. The van der Waals surface area contributed by atoms with Gasteiger partial charge in [0, 0.05) is 42.2 Å². The highest BCUT2D eigenvalue weighted by molar-refractivity contribution is 6.31. The molecular weight excluding hydrogens is 378 g/mol. The lowest BCUT2D eigenvalue weighted by atomic mass is 9.94. The molecule has 0 saturated carbocycles. The molecule has 1 N–H and O–H groups in total. The van der Waals surface area contributed by atoms with Crippen LogP contribution >= 0.6 is 11.6 Å². The van der Waals surface area contributed by atoms with Crippen molar-refractivity contribution < 1.29 is 14.4 Å². The monoisotopic (exact) mass is 407 g/mol. The van der Waals surface area contributed by atoms with Crippen molar-refractivity contribution in [2.24, 2.45) is 11.8 Å². The number of nitrogens with zero attached hydrogens (tertiary/aromatic N) is 2. The van der Waals surface area contributed by atoms with E-state index in [0.717, 1.165) is 5.56 Å². The number of amides is 3. The summed E-state index contributed by atoms with van der Waals surface area (Å²) in [5, 5.41) is 3.39. The average Bonchev–Trinajstić information content (AvgIpc) is 2.67. The van der Waals surface area contributed by atoms with Crippen molar-refractivity contribution in [1.82, 2.24) is 9.80 Å². The van der Waals surface area contributed by atoms with Gasteiger partial charge in [-0.25, -0.2) is 0 Å². The first kappa shape index (κ1) is 22.2. The van der Waals surface area contributed by atoms with Crippen molar-refractivity contribution >= 4 is 35.0 Å². The van der Waals surface area contributed by atoms with Crippen LogP contribution in [-0.4, -0.2) is 53.7 Å². The molecule has 0 aromatic heterocycles. The summed E-state index contributed by atoms with van der Waals surface area (Å²) >= 11 is 5.99. The second-order valence-corrected chi connectivity index (χ2v) is 8.05. The van der Waals surface area contributed by atoms with E-state index < -0.39 is 0 Å². The Morgan fingerprint density at radius 1 is 1.25 bits per heavy atom. The SMILES string of the molecule is CCN(CC(=O)Nc1cc(Cl)ccc1C)C(=O)C1CCN(C(=O)C(C)C)CC1. The fourth-order valence-electron chi connectivity index (χ4n) is 3.41. The smallest absolute Gasteiger partial charge is 0.244 e. The van der Waals surface area contributed by atoms with Crippen molar-refractivity contribution in [2.75, 3.05) is 31.5 Å². The summed E-state index contributed by atoms with van der Waals surface area (Å²) < 4.78 is 0. The molecule has 28 heavy (non-hydrogen) atoms. The van der Waals surface area contributed by atoms with E-state index >= 15 is 0 Å². The van der Waals surface area contributed by atoms with Gasteiger partial charge in [-0.3, -0.25) is 14.4 Å². The third-order valence-corrected chi connectivity index (χ3v) is 5.39. The zero-order valence-corrected chi connectivity index (χ0v) is 17.9. The van der Waals surface area contributed by atoms with Gasteiger partial charge >= 0.3 is 0 Å². The van der Waals surface area contributed by atoms with Crippen LogP contribution in [0.1, 0.15) is 39.2 Å². The molecule has 1 saturated heterocycles. The molecule has 1 aliphatic rings. The Hall–Kier alpha value is -2.08. The Kier molecular flexibility index (Phi) is 7.87. The van der Waals surface area contributed by atoms with Crippen LogP contribution in [0.25, 0.3) is 0 Å². The Morgan fingerprint density at radius 2 is 1.89 bits per heavy atom. The quantitative estimate of drug-likeness (QED) is 0.786. The molecule has 7 heteroatoms. The largest absolute Gasteiger partial charge is 0.342 e. The molecule has 0 unspecified atom stereocenters. The number of likely N-dealkylation sites (N-methyl/N-ethyl adjacent to an activating group) is 1. The van der Waals surface area contributed by atoms with E-state index in [0.29, 0.717) is 43.2 Å². The molecule has 0 atom stereocenters. The molecule has 2 rings (SSSR count). The maximum atomic E-state index is 12.9. The summed E-state index contributed by atoms with van der Waals surface area (Å²) in [5.41, 5.74) is 1.57. The van der Waals surface area contributed by atoms with Crippen molar-refractivity contribution in [3.63, 3.8) is 0 Å². The van der Waals surface area contributed by atoms with Crippen LogP contribution in [0.2, 0.25) is 5.02 Å². The van der Waals surface area contributed by atoms with Crippen molar-refractivity contribution in [1.29, 1.82) is 0 Å². The normalized spacial score (nSPS) is 14.9. The van der Waals surface area contributed by atoms with Gasteiger partial charge in [0.15, 0.2) is 0 Å². The highest BCUT2D eigenvalue weighted by Crippen LogP contribution is 2.22. The third kappa shape index (κ3) is 5.71. The van der Waals surface area contributed by atoms with Crippen molar-refractivity contribution in [3.8, 4) is 0 Å². The number of nitrogens with one attached hydrogen (secondary N) is 1. The van der Waals surface area contributed by atoms with Gasteiger partial charge in [-0.05, 0) is 44.4 Å². The number of hydrogen-bond acceptors (Lipinski definition) is 3. The summed E-state index contributed by atoms with van der Waals surface area (Å²) in [6.07, 6.45) is 1.28. The minimum absolute atomic E-state index is 0.00637. The van der Waals surface area contributed by atoms with E-state index in [9.17, 15) is 14.4 Å². The van der Waals surface area contributed by atoms with Crippen molar-refractivity contribution in [2.45, 2.75) is 40.5 Å². The number of carbonyl (C=O) groups is 3. The van der Waals surface area contributed by atoms with Gasteiger partial charge < -0.3 is 15.1 Å². The summed E-state index contributed by atoms with van der Waals surface area (Å²) in [6, 6.07) is 5.31. The second kappa shape index (κ2) is 9.92. The number of carbonyl (C=O) groups excluding carboxylic acids is 3. The van der Waals surface area contributed by atoms with Crippen LogP contribution in [0.5, 0.6) is 0 Å². The molecule has 0 aliphatic carbocycles. The van der Waals surface area contributed by atoms with E-state index in [-0.39, 0.29) is 36.1 Å². The van der Waals surface area contributed by atoms with Crippen LogP contribution in [-0.2, 0) is 14.4 Å². The molecule has 1 heterocycles. The number of piperidine rings is 1. The zero-order chi connectivity index (χ0) is 20.8. The van der Waals surface area contributed by atoms with Crippen LogP contribution in [0.3, 0.4) is 0 Å². The van der Waals surface area contributed by atoms with E-state index in [1.165, 1.54) is 0 Å². The fourth-order valence-corrected chi connectivity index (χ4v) is 3.58. The summed E-state index contributed by atoms with van der Waals surface area (Å²) in [5.74, 6) is -0.297. The zero-order valence-electron chi connectivity index (χ0n) is 17.1. The lowest BCUT2D eigenvalue weighted by Gasteiger charge is -2.34. The third-order valence-electron chi connectivity index (χ3n) is 5.15. The predicted octanol–water partition coefficient (Wildman–Crippen LogP) is 3.33. The van der Waals surface area contributed by atoms with Gasteiger partial charge in [0.2, 0.25) is 17.7 Å². The number of benzene rings is 1. The van der Waals surface area contributed by atoms with Gasteiger partial charge in [-0.15, -0.1) is 0 Å². The summed E-state index contributed by atoms with van der Waals surface area (Å²) in [6.45, 7) is 9.20. The molecule has 154 valence electrons. The minimum Gasteiger partial charge on any atom is -0.342 e. The van der Waals surface area contributed by atoms with Gasteiger partial charge in [0.05, 0.1) is 6.54 Å². The molecule has 3 amide bonds. The lowest BCUT2D eigenvalue weighted by Crippen LogP contribution is -2.47. The van der Waals surface area contributed by atoms with E-state index in [4.69, 9.17) is 11.6 Å². The molecule has 1 fully saturated rings. The average molecular weight is 408 g/mol.